The molecule has 1 saturated carbocycles. The Labute approximate surface area is 170 Å². The highest BCUT2D eigenvalue weighted by Gasteiger charge is 2.49. The van der Waals surface area contributed by atoms with Crippen LogP contribution in [0.2, 0.25) is 0 Å². The molecule has 2 aromatic heterocycles. The predicted octanol–water partition coefficient (Wildman–Crippen LogP) is 4.69. The summed E-state index contributed by atoms with van der Waals surface area (Å²) in [6, 6.07) is 2.72. The number of amides is 1. The van der Waals surface area contributed by atoms with Gasteiger partial charge in [0, 0.05) is 17.8 Å². The molecular formula is C19H21BrF2N4O2. The minimum Gasteiger partial charge on any atom is -0.448 e. The third kappa shape index (κ3) is 4.29. The molecule has 0 bridgehead atoms. The molecule has 1 fully saturated rings. The molecule has 0 atom stereocenters. The van der Waals surface area contributed by atoms with Gasteiger partial charge in [0.25, 0.3) is 0 Å². The molecule has 1 aliphatic rings. The standard InChI is InChI=1S/C19H21BrF2N4O2/c1-18(2,3)14-12(20)9-24-16(25-14)26-17(27)28-10-19(7-11(21)8-19)15-13(22)5-4-6-23-15/h4-6,9,11H,7-8,10H2,1-3H3,(H,24,25,26,27). The summed E-state index contributed by atoms with van der Waals surface area (Å²) >= 11 is 3.40. The minimum absolute atomic E-state index is 0.0527. The first-order chi connectivity index (χ1) is 13.1. The SMILES string of the molecule is CC(C)(C)c1nc(NC(=O)OCC2(c3ncccc3F)CC(F)C2)ncc1Br. The second-order valence-corrected chi connectivity index (χ2v) is 8.82. The second-order valence-electron chi connectivity index (χ2n) is 7.96. The number of ether oxygens (including phenoxy) is 1. The van der Waals surface area contributed by atoms with Crippen LogP contribution in [0, 0.1) is 5.82 Å². The summed E-state index contributed by atoms with van der Waals surface area (Å²) in [5, 5.41) is 2.47. The first-order valence-electron chi connectivity index (χ1n) is 8.83. The van der Waals surface area contributed by atoms with Gasteiger partial charge in [0.2, 0.25) is 5.95 Å². The molecule has 3 rings (SSSR count). The van der Waals surface area contributed by atoms with Crippen LogP contribution in [-0.2, 0) is 15.6 Å². The smallest absolute Gasteiger partial charge is 0.414 e. The van der Waals surface area contributed by atoms with Crippen molar-refractivity contribution in [2.45, 2.75) is 50.6 Å². The highest BCUT2D eigenvalue weighted by molar-refractivity contribution is 9.10. The van der Waals surface area contributed by atoms with Gasteiger partial charge in [0.15, 0.2) is 0 Å². The van der Waals surface area contributed by atoms with E-state index in [1.807, 2.05) is 20.8 Å². The number of anilines is 1. The molecule has 150 valence electrons. The first kappa shape index (κ1) is 20.6. The Morgan fingerprint density at radius 3 is 2.71 bits per heavy atom. The fraction of sp³-hybridized carbons (Fsp3) is 0.474. The number of halogens is 3. The van der Waals surface area contributed by atoms with E-state index in [-0.39, 0.29) is 36.5 Å². The van der Waals surface area contributed by atoms with E-state index in [4.69, 9.17) is 4.74 Å². The molecule has 1 amide bonds. The van der Waals surface area contributed by atoms with Crippen LogP contribution in [0.15, 0.2) is 29.0 Å². The molecule has 0 spiro atoms. The van der Waals surface area contributed by atoms with E-state index in [0.717, 1.165) is 10.2 Å². The van der Waals surface area contributed by atoms with Gasteiger partial charge in [-0.25, -0.2) is 23.5 Å². The van der Waals surface area contributed by atoms with Gasteiger partial charge in [-0.3, -0.25) is 10.3 Å². The molecule has 1 N–H and O–H groups in total. The van der Waals surface area contributed by atoms with Gasteiger partial charge in [0.05, 0.1) is 21.3 Å². The largest absolute Gasteiger partial charge is 0.448 e. The highest BCUT2D eigenvalue weighted by atomic mass is 79.9. The summed E-state index contributed by atoms with van der Waals surface area (Å²) in [5.41, 5.74) is -0.375. The monoisotopic (exact) mass is 454 g/mol. The number of hydrogen-bond acceptors (Lipinski definition) is 5. The Bertz CT molecular complexity index is 882. The van der Waals surface area contributed by atoms with Crippen molar-refractivity contribution in [3.05, 3.63) is 46.2 Å². The van der Waals surface area contributed by atoms with E-state index in [1.165, 1.54) is 18.3 Å². The van der Waals surface area contributed by atoms with Gasteiger partial charge in [0.1, 0.15) is 18.6 Å². The lowest BCUT2D eigenvalue weighted by Crippen LogP contribution is -2.48. The number of pyridine rings is 1. The molecule has 2 heterocycles. The number of carbonyl (C=O) groups is 1. The van der Waals surface area contributed by atoms with Crippen molar-refractivity contribution in [2.24, 2.45) is 0 Å². The van der Waals surface area contributed by atoms with E-state index >= 15 is 0 Å². The van der Waals surface area contributed by atoms with Gasteiger partial charge < -0.3 is 4.74 Å². The van der Waals surface area contributed by atoms with Gasteiger partial charge in [-0.05, 0) is 40.9 Å². The maximum Gasteiger partial charge on any atom is 0.414 e. The molecule has 0 aromatic carbocycles. The van der Waals surface area contributed by atoms with E-state index in [2.05, 4.69) is 36.2 Å². The quantitative estimate of drug-likeness (QED) is 0.724. The number of carbonyl (C=O) groups excluding carboxylic acids is 1. The normalized spacial score (nSPS) is 21.7. The van der Waals surface area contributed by atoms with Crippen molar-refractivity contribution >= 4 is 28.0 Å². The van der Waals surface area contributed by atoms with Crippen LogP contribution in [-0.4, -0.2) is 33.8 Å². The summed E-state index contributed by atoms with van der Waals surface area (Å²) in [7, 11) is 0. The molecule has 2 aromatic rings. The van der Waals surface area contributed by atoms with E-state index in [1.54, 1.807) is 6.20 Å². The lowest BCUT2D eigenvalue weighted by Gasteiger charge is -2.42. The number of aromatic nitrogens is 3. The molecule has 0 saturated heterocycles. The fourth-order valence-corrected chi connectivity index (χ4v) is 4.01. The molecule has 6 nitrogen and oxygen atoms in total. The fourth-order valence-electron chi connectivity index (χ4n) is 3.23. The topological polar surface area (TPSA) is 77.0 Å². The zero-order chi connectivity index (χ0) is 20.5. The zero-order valence-electron chi connectivity index (χ0n) is 15.8. The highest BCUT2D eigenvalue weighted by Crippen LogP contribution is 2.45. The molecule has 0 aliphatic heterocycles. The maximum absolute atomic E-state index is 14.1. The van der Waals surface area contributed by atoms with Crippen LogP contribution in [0.4, 0.5) is 19.5 Å². The first-order valence-corrected chi connectivity index (χ1v) is 9.62. The van der Waals surface area contributed by atoms with Crippen molar-refractivity contribution < 1.29 is 18.3 Å². The third-order valence-corrected chi connectivity index (χ3v) is 5.21. The Morgan fingerprint density at radius 1 is 1.39 bits per heavy atom. The van der Waals surface area contributed by atoms with Crippen molar-refractivity contribution in [2.75, 3.05) is 11.9 Å². The summed E-state index contributed by atoms with van der Waals surface area (Å²) in [6.07, 6.45) is 1.23. The summed E-state index contributed by atoms with van der Waals surface area (Å²) in [6.45, 7) is 5.77. The third-order valence-electron chi connectivity index (χ3n) is 4.63. The van der Waals surface area contributed by atoms with E-state index < -0.39 is 23.5 Å². The van der Waals surface area contributed by atoms with Crippen molar-refractivity contribution in [3.63, 3.8) is 0 Å². The van der Waals surface area contributed by atoms with Crippen LogP contribution < -0.4 is 5.32 Å². The second kappa shape index (κ2) is 7.69. The average Bonchev–Trinajstić information content (AvgIpc) is 2.59. The molecule has 1 aliphatic carbocycles. The summed E-state index contributed by atoms with van der Waals surface area (Å²) in [4.78, 5) is 24.6. The summed E-state index contributed by atoms with van der Waals surface area (Å²) in [5.74, 6) is -0.447. The van der Waals surface area contributed by atoms with Crippen LogP contribution >= 0.6 is 15.9 Å². The van der Waals surface area contributed by atoms with Crippen LogP contribution in [0.5, 0.6) is 0 Å². The number of nitrogens with one attached hydrogen (secondary N) is 1. The predicted molar refractivity (Wildman–Crippen MR) is 103 cm³/mol. The van der Waals surface area contributed by atoms with Gasteiger partial charge in [-0.15, -0.1) is 0 Å². The van der Waals surface area contributed by atoms with Crippen LogP contribution in [0.3, 0.4) is 0 Å². The summed E-state index contributed by atoms with van der Waals surface area (Å²) < 4.78 is 33.7. The van der Waals surface area contributed by atoms with Crippen molar-refractivity contribution in [3.8, 4) is 0 Å². The molecule has 0 unspecified atom stereocenters. The van der Waals surface area contributed by atoms with Gasteiger partial charge in [-0.2, -0.15) is 0 Å². The lowest BCUT2D eigenvalue weighted by atomic mass is 9.65. The number of rotatable bonds is 4. The minimum atomic E-state index is -1.07. The van der Waals surface area contributed by atoms with E-state index in [0.29, 0.717) is 0 Å². The van der Waals surface area contributed by atoms with Crippen LogP contribution in [0.1, 0.15) is 45.0 Å². The van der Waals surface area contributed by atoms with Crippen molar-refractivity contribution in [1.82, 2.24) is 15.0 Å². The average molecular weight is 455 g/mol. The molecule has 28 heavy (non-hydrogen) atoms. The molecule has 9 heteroatoms. The Hall–Kier alpha value is -2.16. The van der Waals surface area contributed by atoms with E-state index in [9.17, 15) is 13.6 Å². The van der Waals surface area contributed by atoms with Gasteiger partial charge in [-0.1, -0.05) is 20.8 Å². The van der Waals surface area contributed by atoms with Crippen LogP contribution in [0.25, 0.3) is 0 Å². The Kier molecular flexibility index (Phi) is 5.65. The zero-order valence-corrected chi connectivity index (χ0v) is 17.4. The number of nitrogens with zero attached hydrogens (tertiary/aromatic N) is 3. The maximum atomic E-state index is 14.1. The van der Waals surface area contributed by atoms with Gasteiger partial charge >= 0.3 is 6.09 Å². The number of hydrogen-bond donors (Lipinski definition) is 1. The molecule has 0 radical (unpaired) electrons. The Morgan fingerprint density at radius 2 is 2.11 bits per heavy atom. The van der Waals surface area contributed by atoms with Crippen molar-refractivity contribution in [1.29, 1.82) is 0 Å². The number of alkyl halides is 1. The Balaban J connectivity index is 1.69. The molecular weight excluding hydrogens is 434 g/mol. The lowest BCUT2D eigenvalue weighted by molar-refractivity contribution is 0.0271.